The molecule has 2 rings (SSSR count). The van der Waals surface area contributed by atoms with Crippen LogP contribution in [0.1, 0.15) is 0 Å². The van der Waals surface area contributed by atoms with Crippen LogP contribution in [0.5, 0.6) is 0 Å². The number of anilines is 1. The molecule has 0 aromatic carbocycles. The van der Waals surface area contributed by atoms with Gasteiger partial charge in [0, 0.05) is 0 Å². The molecule has 98 valence electrons. The molecule has 1 unspecified atom stereocenters. The van der Waals surface area contributed by atoms with Gasteiger partial charge in [-0.2, -0.15) is 4.98 Å². The summed E-state index contributed by atoms with van der Waals surface area (Å²) in [5.41, 5.74) is 5.64. The number of imidazole rings is 1. The van der Waals surface area contributed by atoms with Crippen LogP contribution in [0.4, 0.5) is 5.95 Å². The number of aromatic amines is 1. The van der Waals surface area contributed by atoms with Crippen LogP contribution in [0, 0.1) is 0 Å². The van der Waals surface area contributed by atoms with Crippen molar-refractivity contribution in [1.82, 2.24) is 19.5 Å². The van der Waals surface area contributed by atoms with Gasteiger partial charge in [0.25, 0.3) is 5.56 Å². The van der Waals surface area contributed by atoms with Crippen LogP contribution in [0.3, 0.4) is 0 Å². The van der Waals surface area contributed by atoms with Crippen LogP contribution < -0.4 is 11.3 Å². The highest BCUT2D eigenvalue weighted by Crippen LogP contribution is 2.06. The predicted molar refractivity (Wildman–Crippen MR) is 65.0 cm³/mol. The number of ether oxygens (including phenoxy) is 1. The quantitative estimate of drug-likeness (QED) is 0.464. The summed E-state index contributed by atoms with van der Waals surface area (Å²) in [6, 6.07) is 0. The van der Waals surface area contributed by atoms with Gasteiger partial charge in [-0.15, -0.1) is 0 Å². The van der Waals surface area contributed by atoms with Crippen LogP contribution >= 0.6 is 9.03 Å². The molecule has 0 bridgehead atoms. The van der Waals surface area contributed by atoms with E-state index in [1.807, 2.05) is 0 Å². The van der Waals surface area contributed by atoms with E-state index in [2.05, 4.69) is 15.0 Å². The third-order valence-corrected chi connectivity index (χ3v) is 2.45. The number of nitrogens with two attached hydrogens (primary N) is 1. The van der Waals surface area contributed by atoms with Crippen LogP contribution in [-0.4, -0.2) is 37.6 Å². The van der Waals surface area contributed by atoms with Gasteiger partial charge in [0.05, 0.1) is 19.5 Å². The second kappa shape index (κ2) is 5.87. The number of H-pyrrole nitrogens is 1. The van der Waals surface area contributed by atoms with Crippen LogP contribution in [0.2, 0.25) is 0 Å². The van der Waals surface area contributed by atoms with E-state index in [9.17, 15) is 4.79 Å². The number of rotatable bonds is 6. The maximum Gasteiger partial charge on any atom is 0.280 e. The molecular formula is C8H12N5O4P. The van der Waals surface area contributed by atoms with Gasteiger partial charge in [-0.1, -0.05) is 0 Å². The Balaban J connectivity index is 2.07. The molecule has 1 atom stereocenters. The molecule has 18 heavy (non-hydrogen) atoms. The van der Waals surface area contributed by atoms with Gasteiger partial charge >= 0.3 is 0 Å². The Hall–Kier alpha value is -1.54. The van der Waals surface area contributed by atoms with E-state index in [0.717, 1.165) is 0 Å². The van der Waals surface area contributed by atoms with Crippen molar-refractivity contribution in [3.63, 3.8) is 0 Å². The molecule has 0 aliphatic carbocycles. The molecule has 0 saturated heterocycles. The first-order chi connectivity index (χ1) is 8.72. The summed E-state index contributed by atoms with van der Waals surface area (Å²) < 4.78 is 11.5. The Kier molecular flexibility index (Phi) is 4.21. The lowest BCUT2D eigenvalue weighted by molar-refractivity contribution is 0.0573. The van der Waals surface area contributed by atoms with Crippen LogP contribution in [0.15, 0.2) is 11.1 Å². The molecule has 4 N–H and O–H groups in total. The summed E-state index contributed by atoms with van der Waals surface area (Å²) in [7, 11) is -0.551. The fourth-order valence-corrected chi connectivity index (χ4v) is 1.55. The lowest BCUT2D eigenvalue weighted by Crippen LogP contribution is -2.13. The Morgan fingerprint density at radius 3 is 3.17 bits per heavy atom. The maximum atomic E-state index is 11.5. The Morgan fingerprint density at radius 2 is 2.39 bits per heavy atom. The molecular weight excluding hydrogens is 261 g/mol. The summed E-state index contributed by atoms with van der Waals surface area (Å²) in [6.45, 7) is 0.772. The SMILES string of the molecule is Nc1nc2c(ncn2COCCOPO)c(=O)[nH]1. The zero-order valence-electron chi connectivity index (χ0n) is 9.29. The first kappa shape index (κ1) is 12.9. The Bertz CT molecular complexity index is 582. The zero-order valence-corrected chi connectivity index (χ0v) is 10.3. The maximum absolute atomic E-state index is 11.5. The van der Waals surface area contributed by atoms with Gasteiger partial charge in [-0.3, -0.25) is 14.3 Å². The van der Waals surface area contributed by atoms with E-state index in [4.69, 9.17) is 19.9 Å². The molecule has 0 fully saturated rings. The zero-order chi connectivity index (χ0) is 13.0. The van der Waals surface area contributed by atoms with Gasteiger partial charge in [-0.25, -0.2) is 4.98 Å². The van der Waals surface area contributed by atoms with Crippen LogP contribution in [0.25, 0.3) is 11.2 Å². The van der Waals surface area contributed by atoms with Crippen molar-refractivity contribution in [2.24, 2.45) is 0 Å². The summed E-state index contributed by atoms with van der Waals surface area (Å²) in [5, 5.41) is 0. The van der Waals surface area contributed by atoms with Gasteiger partial charge in [0.15, 0.2) is 20.2 Å². The normalized spacial score (nSPS) is 11.8. The van der Waals surface area contributed by atoms with Crippen molar-refractivity contribution in [3.05, 3.63) is 16.7 Å². The van der Waals surface area contributed by atoms with E-state index < -0.39 is 9.03 Å². The molecule has 0 spiro atoms. The third kappa shape index (κ3) is 2.82. The number of nitrogen functional groups attached to an aromatic ring is 1. The minimum Gasteiger partial charge on any atom is -0.369 e. The lowest BCUT2D eigenvalue weighted by atomic mass is 10.5. The molecule has 0 saturated carbocycles. The molecule has 2 heterocycles. The Labute approximate surface area is 103 Å². The number of hydrogen-bond acceptors (Lipinski definition) is 7. The smallest absolute Gasteiger partial charge is 0.280 e. The van der Waals surface area contributed by atoms with Crippen molar-refractivity contribution in [3.8, 4) is 0 Å². The van der Waals surface area contributed by atoms with Gasteiger partial charge < -0.3 is 19.9 Å². The summed E-state index contributed by atoms with van der Waals surface area (Å²) in [4.78, 5) is 30.2. The number of nitrogens with one attached hydrogen (secondary N) is 1. The molecule has 9 nitrogen and oxygen atoms in total. The monoisotopic (exact) mass is 273 g/mol. The van der Waals surface area contributed by atoms with Gasteiger partial charge in [0.2, 0.25) is 5.95 Å². The third-order valence-electron chi connectivity index (χ3n) is 2.12. The fourth-order valence-electron chi connectivity index (χ4n) is 1.37. The topological polar surface area (TPSA) is 128 Å². The minimum atomic E-state index is -0.551. The fraction of sp³-hybridized carbons (Fsp3) is 0.375. The minimum absolute atomic E-state index is 0.0269. The average Bonchev–Trinajstić information content (AvgIpc) is 2.72. The predicted octanol–water partition coefficient (Wildman–Crippen LogP) is -0.807. The van der Waals surface area contributed by atoms with E-state index >= 15 is 0 Å². The molecule has 2 aromatic rings. The standard InChI is InChI=1S/C8H12N5O4P/c9-8-11-6-5(7(14)12-8)10-3-13(6)4-16-1-2-17-18-15/h3,15,18H,1-2,4H2,(H3,9,11,12,14). The van der Waals surface area contributed by atoms with E-state index in [1.54, 1.807) is 4.57 Å². The molecule has 0 radical (unpaired) electrons. The van der Waals surface area contributed by atoms with Crippen molar-refractivity contribution >= 4 is 26.1 Å². The largest absolute Gasteiger partial charge is 0.369 e. The second-order valence-corrected chi connectivity index (χ2v) is 3.79. The van der Waals surface area contributed by atoms with E-state index in [-0.39, 0.29) is 30.4 Å². The first-order valence-corrected chi connectivity index (χ1v) is 5.87. The second-order valence-electron chi connectivity index (χ2n) is 3.31. The number of fused-ring (bicyclic) bond motifs is 1. The van der Waals surface area contributed by atoms with Crippen molar-refractivity contribution in [2.45, 2.75) is 6.73 Å². The van der Waals surface area contributed by atoms with Crippen molar-refractivity contribution in [2.75, 3.05) is 18.9 Å². The first-order valence-electron chi connectivity index (χ1n) is 5.01. The van der Waals surface area contributed by atoms with Gasteiger partial charge in [0.1, 0.15) is 6.73 Å². The highest BCUT2D eigenvalue weighted by molar-refractivity contribution is 7.24. The number of hydrogen-bond donors (Lipinski definition) is 3. The molecule has 0 aliphatic rings. The molecule has 2 aromatic heterocycles. The summed E-state index contributed by atoms with van der Waals surface area (Å²) >= 11 is 0. The molecule has 0 aliphatic heterocycles. The highest BCUT2D eigenvalue weighted by atomic mass is 31.1. The lowest BCUT2D eigenvalue weighted by Gasteiger charge is -2.05. The van der Waals surface area contributed by atoms with Crippen molar-refractivity contribution in [1.29, 1.82) is 0 Å². The van der Waals surface area contributed by atoms with E-state index in [0.29, 0.717) is 12.3 Å². The molecule has 0 amide bonds. The van der Waals surface area contributed by atoms with Crippen LogP contribution in [-0.2, 0) is 16.0 Å². The number of aromatic nitrogens is 4. The highest BCUT2D eigenvalue weighted by Gasteiger charge is 2.08. The summed E-state index contributed by atoms with van der Waals surface area (Å²) in [6.07, 6.45) is 1.45. The Morgan fingerprint density at radius 1 is 1.56 bits per heavy atom. The van der Waals surface area contributed by atoms with E-state index in [1.165, 1.54) is 6.33 Å². The number of nitrogens with zero attached hydrogens (tertiary/aromatic N) is 3. The average molecular weight is 273 g/mol. The summed E-state index contributed by atoms with van der Waals surface area (Å²) in [5.74, 6) is 0.0269. The van der Waals surface area contributed by atoms with Crippen molar-refractivity contribution < 1.29 is 14.2 Å². The molecule has 10 heteroatoms. The van der Waals surface area contributed by atoms with Gasteiger partial charge in [-0.05, 0) is 0 Å².